The number of hydrogen-bond donors (Lipinski definition) is 1. The largest absolute Gasteiger partial charge is 0.495 e. The van der Waals surface area contributed by atoms with Crippen molar-refractivity contribution in [3.63, 3.8) is 0 Å². The summed E-state index contributed by atoms with van der Waals surface area (Å²) in [6.07, 6.45) is 0.578. The van der Waals surface area contributed by atoms with Crippen LogP contribution in [0, 0.1) is 6.92 Å². The lowest BCUT2D eigenvalue weighted by molar-refractivity contribution is 0.381. The summed E-state index contributed by atoms with van der Waals surface area (Å²) in [5, 5.41) is 3.73. The fourth-order valence-corrected chi connectivity index (χ4v) is 1.48. The van der Waals surface area contributed by atoms with Gasteiger partial charge in [0, 0.05) is 0 Å². The lowest BCUT2D eigenvalue weighted by atomic mass is 10.1. The van der Waals surface area contributed by atoms with Gasteiger partial charge in [0.1, 0.15) is 5.75 Å². The van der Waals surface area contributed by atoms with Gasteiger partial charge in [0.05, 0.1) is 19.2 Å². The lowest BCUT2D eigenvalue weighted by Gasteiger charge is -2.05. The Morgan fingerprint density at radius 3 is 2.81 bits per heavy atom. The molecule has 5 heteroatoms. The van der Waals surface area contributed by atoms with E-state index in [0.29, 0.717) is 29.6 Å². The summed E-state index contributed by atoms with van der Waals surface area (Å²) in [7, 11) is 1.59. The van der Waals surface area contributed by atoms with Gasteiger partial charge < -0.3 is 15.0 Å². The van der Waals surface area contributed by atoms with Gasteiger partial charge in [0.15, 0.2) is 5.82 Å². The highest BCUT2D eigenvalue weighted by Gasteiger charge is 2.06. The highest BCUT2D eigenvalue weighted by atomic mass is 16.5. The van der Waals surface area contributed by atoms with Crippen molar-refractivity contribution in [2.24, 2.45) is 0 Å². The first-order valence-electron chi connectivity index (χ1n) is 4.90. The summed E-state index contributed by atoms with van der Waals surface area (Å²) in [5.74, 6) is 1.89. The van der Waals surface area contributed by atoms with E-state index in [9.17, 15) is 0 Å². The van der Waals surface area contributed by atoms with Crippen molar-refractivity contribution in [3.05, 3.63) is 35.5 Å². The zero-order chi connectivity index (χ0) is 11.5. The molecule has 5 nitrogen and oxygen atoms in total. The predicted molar refractivity (Wildman–Crippen MR) is 59.2 cm³/mol. The first-order chi connectivity index (χ1) is 7.69. The molecule has 16 heavy (non-hydrogen) atoms. The Kier molecular flexibility index (Phi) is 2.76. The Hall–Kier alpha value is -2.04. The Labute approximate surface area is 93.2 Å². The number of ether oxygens (including phenoxy) is 1. The van der Waals surface area contributed by atoms with Gasteiger partial charge in [-0.05, 0) is 24.6 Å². The quantitative estimate of drug-likeness (QED) is 0.793. The van der Waals surface area contributed by atoms with E-state index in [1.54, 1.807) is 14.0 Å². The molecular weight excluding hydrogens is 206 g/mol. The molecule has 0 radical (unpaired) electrons. The molecule has 0 unspecified atom stereocenters. The maximum absolute atomic E-state index is 5.80. The highest BCUT2D eigenvalue weighted by molar-refractivity contribution is 5.54. The lowest BCUT2D eigenvalue weighted by Crippen LogP contribution is -1.95. The van der Waals surface area contributed by atoms with E-state index in [0.717, 1.165) is 5.56 Å². The van der Waals surface area contributed by atoms with E-state index >= 15 is 0 Å². The molecule has 0 saturated heterocycles. The SMILES string of the molecule is COc1ccc(Cc2nc(C)no2)cc1N. The van der Waals surface area contributed by atoms with Crippen molar-refractivity contribution in [2.75, 3.05) is 12.8 Å². The molecule has 0 atom stereocenters. The summed E-state index contributed by atoms with van der Waals surface area (Å²) in [5.41, 5.74) is 7.42. The minimum atomic E-state index is 0.578. The molecule has 2 aromatic rings. The van der Waals surface area contributed by atoms with E-state index in [1.165, 1.54) is 0 Å². The number of nitrogens with zero attached hydrogens (tertiary/aromatic N) is 2. The van der Waals surface area contributed by atoms with Crippen LogP contribution >= 0.6 is 0 Å². The van der Waals surface area contributed by atoms with Crippen LogP contribution in [0.5, 0.6) is 5.75 Å². The zero-order valence-electron chi connectivity index (χ0n) is 9.23. The van der Waals surface area contributed by atoms with Crippen molar-refractivity contribution in [3.8, 4) is 5.75 Å². The Bertz CT molecular complexity index is 494. The average Bonchev–Trinajstić information content (AvgIpc) is 2.64. The number of anilines is 1. The molecule has 0 aliphatic heterocycles. The van der Waals surface area contributed by atoms with Crippen molar-refractivity contribution in [2.45, 2.75) is 13.3 Å². The number of methoxy groups -OCH3 is 1. The number of aromatic nitrogens is 2. The third-order valence-corrected chi connectivity index (χ3v) is 2.22. The van der Waals surface area contributed by atoms with Crippen LogP contribution in [0.1, 0.15) is 17.3 Å². The number of nitrogen functional groups attached to an aromatic ring is 1. The first-order valence-corrected chi connectivity index (χ1v) is 4.90. The number of benzene rings is 1. The maximum atomic E-state index is 5.80. The Balaban J connectivity index is 2.19. The molecule has 0 amide bonds. The van der Waals surface area contributed by atoms with Gasteiger partial charge in [-0.1, -0.05) is 11.2 Å². The van der Waals surface area contributed by atoms with Crippen LogP contribution in [0.4, 0.5) is 5.69 Å². The molecule has 0 aliphatic carbocycles. The van der Waals surface area contributed by atoms with Crippen LogP contribution in [0.2, 0.25) is 0 Å². The summed E-state index contributed by atoms with van der Waals surface area (Å²) < 4.78 is 10.1. The van der Waals surface area contributed by atoms with E-state index in [2.05, 4.69) is 10.1 Å². The fourth-order valence-electron chi connectivity index (χ4n) is 1.48. The molecule has 0 aliphatic rings. The van der Waals surface area contributed by atoms with Crippen molar-refractivity contribution < 1.29 is 9.26 Å². The smallest absolute Gasteiger partial charge is 0.231 e. The van der Waals surface area contributed by atoms with Crippen molar-refractivity contribution >= 4 is 5.69 Å². The third-order valence-electron chi connectivity index (χ3n) is 2.22. The summed E-state index contributed by atoms with van der Waals surface area (Å²) in [6, 6.07) is 5.60. The Morgan fingerprint density at radius 1 is 1.44 bits per heavy atom. The molecule has 0 fully saturated rings. The second-order valence-electron chi connectivity index (χ2n) is 3.49. The van der Waals surface area contributed by atoms with Crippen molar-refractivity contribution in [1.82, 2.24) is 10.1 Å². The van der Waals surface area contributed by atoms with E-state index in [1.807, 2.05) is 18.2 Å². The second-order valence-corrected chi connectivity index (χ2v) is 3.49. The topological polar surface area (TPSA) is 74.2 Å². The fraction of sp³-hybridized carbons (Fsp3) is 0.273. The summed E-state index contributed by atoms with van der Waals surface area (Å²) >= 11 is 0. The van der Waals surface area contributed by atoms with Crippen LogP contribution in [-0.2, 0) is 6.42 Å². The van der Waals surface area contributed by atoms with Crippen LogP contribution in [0.25, 0.3) is 0 Å². The number of rotatable bonds is 3. The summed E-state index contributed by atoms with van der Waals surface area (Å²) in [4.78, 5) is 4.13. The third kappa shape index (κ3) is 2.13. The van der Waals surface area contributed by atoms with Gasteiger partial charge in [0.25, 0.3) is 0 Å². The van der Waals surface area contributed by atoms with Gasteiger partial charge >= 0.3 is 0 Å². The van der Waals surface area contributed by atoms with E-state index in [4.69, 9.17) is 15.0 Å². The summed E-state index contributed by atoms with van der Waals surface area (Å²) in [6.45, 7) is 1.79. The van der Waals surface area contributed by atoms with E-state index < -0.39 is 0 Å². The van der Waals surface area contributed by atoms with E-state index in [-0.39, 0.29) is 0 Å². The minimum absolute atomic E-state index is 0.578. The number of nitrogens with two attached hydrogens (primary N) is 1. The normalized spacial score (nSPS) is 10.4. The van der Waals surface area contributed by atoms with Crippen LogP contribution < -0.4 is 10.5 Å². The molecule has 2 N–H and O–H groups in total. The maximum Gasteiger partial charge on any atom is 0.231 e. The highest BCUT2D eigenvalue weighted by Crippen LogP contribution is 2.22. The van der Waals surface area contributed by atoms with Gasteiger partial charge in [-0.25, -0.2) is 0 Å². The number of aryl methyl sites for hydroxylation is 1. The molecule has 84 valence electrons. The standard InChI is InChI=1S/C11H13N3O2/c1-7-13-11(16-14-7)6-8-3-4-10(15-2)9(12)5-8/h3-5H,6,12H2,1-2H3. The Morgan fingerprint density at radius 2 is 2.25 bits per heavy atom. The van der Waals surface area contributed by atoms with Gasteiger partial charge in [-0.2, -0.15) is 4.98 Å². The van der Waals surface area contributed by atoms with Gasteiger partial charge in [0.2, 0.25) is 5.89 Å². The molecule has 1 heterocycles. The molecule has 1 aromatic heterocycles. The monoisotopic (exact) mass is 219 g/mol. The van der Waals surface area contributed by atoms with Gasteiger partial charge in [-0.3, -0.25) is 0 Å². The predicted octanol–water partition coefficient (Wildman–Crippen LogP) is 1.56. The number of hydrogen-bond acceptors (Lipinski definition) is 5. The molecule has 2 rings (SSSR count). The molecule has 0 saturated carbocycles. The molecule has 1 aromatic carbocycles. The molecule has 0 bridgehead atoms. The molecular formula is C11H13N3O2. The zero-order valence-corrected chi connectivity index (χ0v) is 9.23. The van der Waals surface area contributed by atoms with Crippen LogP contribution in [-0.4, -0.2) is 17.3 Å². The van der Waals surface area contributed by atoms with Crippen LogP contribution in [0.15, 0.2) is 22.7 Å². The molecule has 0 spiro atoms. The van der Waals surface area contributed by atoms with Crippen molar-refractivity contribution in [1.29, 1.82) is 0 Å². The minimum Gasteiger partial charge on any atom is -0.495 e. The first kappa shape index (κ1) is 10.5. The van der Waals surface area contributed by atoms with Crippen LogP contribution in [0.3, 0.4) is 0 Å². The average molecular weight is 219 g/mol. The second kappa shape index (κ2) is 4.22. The van der Waals surface area contributed by atoms with Gasteiger partial charge in [-0.15, -0.1) is 0 Å².